The highest BCUT2D eigenvalue weighted by Gasteiger charge is 2.12. The fourth-order valence-electron chi connectivity index (χ4n) is 0.985. The molecule has 1 rings (SSSR count). The maximum atomic E-state index is 11.7. The predicted octanol–water partition coefficient (Wildman–Crippen LogP) is 0.225. The van der Waals surface area contributed by atoms with Crippen molar-refractivity contribution in [2.45, 2.75) is 6.42 Å². The Labute approximate surface area is 93.3 Å². The lowest BCUT2D eigenvalue weighted by atomic mass is 10.3. The van der Waals surface area contributed by atoms with Crippen LogP contribution in [0.1, 0.15) is 16.9 Å². The Morgan fingerprint density at radius 2 is 2.33 bits per heavy atom. The van der Waals surface area contributed by atoms with Gasteiger partial charge in [0.05, 0.1) is 11.2 Å². The number of hydrogen-bond acceptors (Lipinski definition) is 4. The fraction of sp³-hybridized carbons (Fsp3) is 0.333. The first-order valence-electron chi connectivity index (χ1n) is 4.41. The summed E-state index contributed by atoms with van der Waals surface area (Å²) in [6.07, 6.45) is 4.94. The van der Waals surface area contributed by atoms with Gasteiger partial charge in [0.25, 0.3) is 5.91 Å². The Kier molecular flexibility index (Phi) is 4.11. The van der Waals surface area contributed by atoms with Crippen molar-refractivity contribution in [2.75, 3.05) is 13.6 Å². The molecule has 0 saturated carbocycles. The van der Waals surface area contributed by atoms with Crippen molar-refractivity contribution in [3.8, 4) is 0 Å². The third-order valence-electron chi connectivity index (χ3n) is 1.82. The molecule has 1 aromatic rings. The van der Waals surface area contributed by atoms with E-state index in [1.807, 2.05) is 0 Å². The third-order valence-corrected chi connectivity index (χ3v) is 2.03. The summed E-state index contributed by atoms with van der Waals surface area (Å²) >= 11 is 4.73. The molecular formula is C9H12N4OS. The molecule has 0 aliphatic heterocycles. The van der Waals surface area contributed by atoms with E-state index in [2.05, 4.69) is 9.97 Å². The van der Waals surface area contributed by atoms with E-state index in [1.165, 1.54) is 23.5 Å². The zero-order chi connectivity index (χ0) is 11.3. The molecular weight excluding hydrogens is 212 g/mol. The monoisotopic (exact) mass is 224 g/mol. The second-order valence-electron chi connectivity index (χ2n) is 3.03. The van der Waals surface area contributed by atoms with Crippen molar-refractivity contribution in [3.05, 3.63) is 24.3 Å². The molecule has 15 heavy (non-hydrogen) atoms. The van der Waals surface area contributed by atoms with Crippen LogP contribution in [0, 0.1) is 0 Å². The highest BCUT2D eigenvalue weighted by Crippen LogP contribution is 1.98. The van der Waals surface area contributed by atoms with E-state index in [4.69, 9.17) is 18.0 Å². The van der Waals surface area contributed by atoms with Crippen LogP contribution in [0.3, 0.4) is 0 Å². The topological polar surface area (TPSA) is 72.1 Å². The van der Waals surface area contributed by atoms with Gasteiger partial charge in [0.2, 0.25) is 0 Å². The second-order valence-corrected chi connectivity index (χ2v) is 3.56. The molecule has 80 valence electrons. The standard InChI is InChI=1S/C9H12N4OS/c1-13(5-2-8(10)15)9(14)7-6-11-3-4-12-7/h3-4,6H,2,5H2,1H3,(H2,10,15). The minimum Gasteiger partial charge on any atom is -0.393 e. The third kappa shape index (κ3) is 3.59. The van der Waals surface area contributed by atoms with Crippen molar-refractivity contribution in [3.63, 3.8) is 0 Å². The molecule has 1 amide bonds. The van der Waals surface area contributed by atoms with Crippen molar-refractivity contribution in [2.24, 2.45) is 5.73 Å². The van der Waals surface area contributed by atoms with E-state index in [1.54, 1.807) is 7.05 Å². The molecule has 1 heterocycles. The Morgan fingerprint density at radius 1 is 1.60 bits per heavy atom. The Hall–Kier alpha value is -1.56. The normalized spacial score (nSPS) is 9.67. The summed E-state index contributed by atoms with van der Waals surface area (Å²) in [6, 6.07) is 0. The van der Waals surface area contributed by atoms with E-state index < -0.39 is 0 Å². The highest BCUT2D eigenvalue weighted by atomic mass is 32.1. The number of amides is 1. The van der Waals surface area contributed by atoms with Gasteiger partial charge < -0.3 is 10.6 Å². The smallest absolute Gasteiger partial charge is 0.273 e. The van der Waals surface area contributed by atoms with Crippen LogP contribution in [0.4, 0.5) is 0 Å². The minimum atomic E-state index is -0.181. The van der Waals surface area contributed by atoms with Gasteiger partial charge in [-0.3, -0.25) is 9.78 Å². The van der Waals surface area contributed by atoms with Gasteiger partial charge in [-0.2, -0.15) is 0 Å². The number of carbonyl (C=O) groups excluding carboxylic acids is 1. The first-order valence-corrected chi connectivity index (χ1v) is 4.82. The van der Waals surface area contributed by atoms with Crippen molar-refractivity contribution in [1.82, 2.24) is 14.9 Å². The average Bonchev–Trinajstić information content (AvgIpc) is 2.26. The molecule has 0 unspecified atom stereocenters. The fourth-order valence-corrected chi connectivity index (χ4v) is 1.08. The molecule has 0 fully saturated rings. The zero-order valence-corrected chi connectivity index (χ0v) is 9.20. The Morgan fingerprint density at radius 3 is 2.87 bits per heavy atom. The molecule has 0 atom stereocenters. The summed E-state index contributed by atoms with van der Waals surface area (Å²) in [6.45, 7) is 0.491. The van der Waals surface area contributed by atoms with Crippen LogP contribution in [0.2, 0.25) is 0 Å². The van der Waals surface area contributed by atoms with Gasteiger partial charge in [-0.1, -0.05) is 12.2 Å². The molecule has 2 N–H and O–H groups in total. The SMILES string of the molecule is CN(CCC(N)=S)C(=O)c1cnccn1. The lowest BCUT2D eigenvalue weighted by molar-refractivity contribution is 0.0792. The van der Waals surface area contributed by atoms with E-state index in [-0.39, 0.29) is 5.91 Å². The van der Waals surface area contributed by atoms with Gasteiger partial charge in [0, 0.05) is 32.4 Å². The van der Waals surface area contributed by atoms with E-state index >= 15 is 0 Å². The lowest BCUT2D eigenvalue weighted by Crippen LogP contribution is -2.30. The van der Waals surface area contributed by atoms with E-state index in [0.29, 0.717) is 23.6 Å². The molecule has 0 spiro atoms. The summed E-state index contributed by atoms with van der Waals surface area (Å²) in [5, 5.41) is 0. The molecule has 0 radical (unpaired) electrons. The summed E-state index contributed by atoms with van der Waals surface area (Å²) in [5.74, 6) is -0.181. The molecule has 0 aliphatic rings. The van der Waals surface area contributed by atoms with E-state index in [0.717, 1.165) is 0 Å². The van der Waals surface area contributed by atoms with Gasteiger partial charge in [-0.05, 0) is 0 Å². The number of nitrogens with two attached hydrogens (primary N) is 1. The first-order chi connectivity index (χ1) is 7.11. The van der Waals surface area contributed by atoms with Crippen molar-refractivity contribution in [1.29, 1.82) is 0 Å². The Bertz CT molecular complexity index is 354. The quantitative estimate of drug-likeness (QED) is 0.741. The summed E-state index contributed by atoms with van der Waals surface area (Å²) in [4.78, 5) is 21.3. The van der Waals surface area contributed by atoms with E-state index in [9.17, 15) is 4.79 Å². The largest absolute Gasteiger partial charge is 0.393 e. The molecule has 5 nitrogen and oxygen atoms in total. The number of rotatable bonds is 4. The lowest BCUT2D eigenvalue weighted by Gasteiger charge is -2.15. The van der Waals surface area contributed by atoms with Crippen LogP contribution in [-0.4, -0.2) is 39.4 Å². The summed E-state index contributed by atoms with van der Waals surface area (Å²) in [7, 11) is 1.68. The van der Waals surface area contributed by atoms with Crippen LogP contribution >= 0.6 is 12.2 Å². The van der Waals surface area contributed by atoms with Crippen LogP contribution < -0.4 is 5.73 Å². The number of aromatic nitrogens is 2. The maximum Gasteiger partial charge on any atom is 0.273 e. The van der Waals surface area contributed by atoms with Gasteiger partial charge in [-0.15, -0.1) is 0 Å². The molecule has 6 heteroatoms. The molecule has 1 aromatic heterocycles. The van der Waals surface area contributed by atoms with Gasteiger partial charge >= 0.3 is 0 Å². The maximum absolute atomic E-state index is 11.7. The summed E-state index contributed by atoms with van der Waals surface area (Å²) < 4.78 is 0. The van der Waals surface area contributed by atoms with Crippen molar-refractivity contribution < 1.29 is 4.79 Å². The number of nitrogens with zero attached hydrogens (tertiary/aromatic N) is 3. The molecule has 0 aliphatic carbocycles. The molecule has 0 bridgehead atoms. The zero-order valence-electron chi connectivity index (χ0n) is 8.38. The predicted molar refractivity (Wildman–Crippen MR) is 60.4 cm³/mol. The minimum absolute atomic E-state index is 0.181. The van der Waals surface area contributed by atoms with Crippen molar-refractivity contribution >= 4 is 23.1 Å². The van der Waals surface area contributed by atoms with Gasteiger partial charge in [0.15, 0.2) is 0 Å². The van der Waals surface area contributed by atoms with Crippen LogP contribution in [0.15, 0.2) is 18.6 Å². The van der Waals surface area contributed by atoms with Crippen LogP contribution in [0.5, 0.6) is 0 Å². The number of carbonyl (C=O) groups is 1. The highest BCUT2D eigenvalue weighted by molar-refractivity contribution is 7.80. The average molecular weight is 224 g/mol. The van der Waals surface area contributed by atoms with Crippen LogP contribution in [-0.2, 0) is 0 Å². The number of thiocarbonyl (C=S) groups is 1. The summed E-state index contributed by atoms with van der Waals surface area (Å²) in [5.41, 5.74) is 5.67. The Balaban J connectivity index is 2.57. The first kappa shape index (κ1) is 11.5. The molecule has 0 saturated heterocycles. The second kappa shape index (κ2) is 5.35. The van der Waals surface area contributed by atoms with Gasteiger partial charge in [0.1, 0.15) is 5.69 Å². The molecule has 0 aromatic carbocycles. The van der Waals surface area contributed by atoms with Gasteiger partial charge in [-0.25, -0.2) is 4.98 Å². The van der Waals surface area contributed by atoms with Crippen LogP contribution in [0.25, 0.3) is 0 Å². The number of hydrogen-bond donors (Lipinski definition) is 1.